The van der Waals surface area contributed by atoms with Crippen molar-refractivity contribution in [2.24, 2.45) is 0 Å². The molecule has 0 radical (unpaired) electrons. The molecular weight excluding hydrogens is 177 g/mol. The Morgan fingerprint density at radius 3 is 2.50 bits per heavy atom. The predicted molar refractivity (Wildman–Crippen MR) is 35.1 cm³/mol. The molecule has 0 unspecified atom stereocenters. The average Bonchev–Trinajstić information content (AvgIpc) is 2.11. The second-order valence-corrected chi connectivity index (χ2v) is 4.44. The Morgan fingerprint density at radius 2 is 2.30 bits per heavy atom. The highest BCUT2D eigenvalue weighted by atomic mass is 32.3. The summed E-state index contributed by atoms with van der Waals surface area (Å²) in [4.78, 5) is 3.58. The molecule has 0 saturated heterocycles. The molecule has 0 bridgehead atoms. The van der Waals surface area contributed by atoms with Gasteiger partial charge >= 0.3 is 10.2 Å². The normalized spacial score (nSPS) is 11.8. The van der Waals surface area contributed by atoms with Crippen LogP contribution in [0.5, 0.6) is 0 Å². The number of aromatic nitrogens is 1. The summed E-state index contributed by atoms with van der Waals surface area (Å²) < 4.78 is 32.0. The lowest BCUT2D eigenvalue weighted by Gasteiger charge is -1.80. The predicted octanol–water partition coefficient (Wildman–Crippen LogP) is 1.11. The third-order valence-electron chi connectivity index (χ3n) is 0.840. The molecule has 0 amide bonds. The first-order valence-electron chi connectivity index (χ1n) is 2.37. The first kappa shape index (κ1) is 7.62. The summed E-state index contributed by atoms with van der Waals surface area (Å²) in [6.45, 7) is 1.61. The molecule has 1 aromatic heterocycles. The number of thiazole rings is 1. The van der Waals surface area contributed by atoms with E-state index in [1.807, 2.05) is 0 Å². The third kappa shape index (κ3) is 1.51. The van der Waals surface area contributed by atoms with Crippen molar-refractivity contribution in [3.8, 4) is 0 Å². The van der Waals surface area contributed by atoms with E-state index in [2.05, 4.69) is 4.98 Å². The van der Waals surface area contributed by atoms with Crippen LogP contribution in [0, 0.1) is 6.92 Å². The van der Waals surface area contributed by atoms with E-state index >= 15 is 0 Å². The van der Waals surface area contributed by atoms with Crippen LogP contribution in [-0.2, 0) is 10.2 Å². The number of hydrogen-bond acceptors (Lipinski definition) is 4. The van der Waals surface area contributed by atoms with E-state index in [4.69, 9.17) is 0 Å². The Kier molecular flexibility index (Phi) is 1.74. The quantitative estimate of drug-likeness (QED) is 0.610. The van der Waals surface area contributed by atoms with Gasteiger partial charge in [0.15, 0.2) is 4.21 Å². The van der Waals surface area contributed by atoms with Gasteiger partial charge in [-0.05, 0) is 6.92 Å². The maximum atomic E-state index is 12.1. The van der Waals surface area contributed by atoms with Gasteiger partial charge in [-0.2, -0.15) is 8.42 Å². The molecule has 0 atom stereocenters. The molecule has 0 saturated carbocycles. The molecule has 0 aliphatic carbocycles. The van der Waals surface area contributed by atoms with Crippen LogP contribution in [0.4, 0.5) is 3.89 Å². The smallest absolute Gasteiger partial charge is 0.248 e. The van der Waals surface area contributed by atoms with Crippen molar-refractivity contribution in [2.75, 3.05) is 0 Å². The minimum Gasteiger partial charge on any atom is -0.248 e. The van der Waals surface area contributed by atoms with Gasteiger partial charge in [0.2, 0.25) is 0 Å². The van der Waals surface area contributed by atoms with E-state index < -0.39 is 10.2 Å². The van der Waals surface area contributed by atoms with E-state index in [-0.39, 0.29) is 4.21 Å². The summed E-state index contributed by atoms with van der Waals surface area (Å²) in [5.74, 6) is 0. The van der Waals surface area contributed by atoms with Crippen molar-refractivity contribution in [2.45, 2.75) is 11.1 Å². The van der Waals surface area contributed by atoms with Gasteiger partial charge in [0.1, 0.15) is 0 Å². The SMILES string of the molecule is Cc1ncc(S(=O)(=O)F)s1. The first-order valence-corrected chi connectivity index (χ1v) is 4.57. The van der Waals surface area contributed by atoms with Gasteiger partial charge in [-0.25, -0.2) is 4.98 Å². The maximum Gasteiger partial charge on any atom is 0.343 e. The average molecular weight is 181 g/mol. The van der Waals surface area contributed by atoms with Crippen LogP contribution in [0.25, 0.3) is 0 Å². The molecule has 0 aliphatic rings. The summed E-state index contributed by atoms with van der Waals surface area (Å²) in [7, 11) is -4.53. The molecule has 1 heterocycles. The van der Waals surface area contributed by atoms with Crippen LogP contribution in [-0.4, -0.2) is 13.4 Å². The molecule has 3 nitrogen and oxygen atoms in total. The Morgan fingerprint density at radius 1 is 1.70 bits per heavy atom. The monoisotopic (exact) mass is 181 g/mol. The lowest BCUT2D eigenvalue weighted by molar-refractivity contribution is 0.554. The maximum absolute atomic E-state index is 12.1. The van der Waals surface area contributed by atoms with E-state index in [1.54, 1.807) is 6.92 Å². The van der Waals surface area contributed by atoms with Crippen LogP contribution < -0.4 is 0 Å². The molecular formula is C4H4FNO2S2. The molecule has 6 heteroatoms. The van der Waals surface area contributed by atoms with E-state index in [0.717, 1.165) is 17.5 Å². The largest absolute Gasteiger partial charge is 0.343 e. The van der Waals surface area contributed by atoms with Gasteiger partial charge in [-0.3, -0.25) is 0 Å². The summed E-state index contributed by atoms with van der Waals surface area (Å²) in [5, 5.41) is 0.538. The Balaban J connectivity index is 3.21. The topological polar surface area (TPSA) is 47.0 Å². The molecule has 10 heavy (non-hydrogen) atoms. The minimum atomic E-state index is -4.53. The summed E-state index contributed by atoms with van der Waals surface area (Å²) >= 11 is 0.821. The van der Waals surface area contributed by atoms with E-state index in [0.29, 0.717) is 5.01 Å². The zero-order chi connectivity index (χ0) is 7.78. The third-order valence-corrected chi connectivity index (χ3v) is 2.98. The van der Waals surface area contributed by atoms with Gasteiger partial charge in [-0.1, -0.05) is 3.89 Å². The Bertz CT molecular complexity index is 329. The summed E-state index contributed by atoms with van der Waals surface area (Å²) in [5.41, 5.74) is 0. The van der Waals surface area contributed by atoms with Gasteiger partial charge in [0.05, 0.1) is 11.2 Å². The number of nitrogens with zero attached hydrogens (tertiary/aromatic N) is 1. The van der Waals surface area contributed by atoms with E-state index in [1.165, 1.54) is 0 Å². The molecule has 0 fully saturated rings. The van der Waals surface area contributed by atoms with Crippen molar-refractivity contribution in [3.63, 3.8) is 0 Å². The molecule has 56 valence electrons. The Labute approximate surface area is 61.7 Å². The Hall–Kier alpha value is -0.490. The van der Waals surface area contributed by atoms with Crippen LogP contribution in [0.2, 0.25) is 0 Å². The van der Waals surface area contributed by atoms with Crippen LogP contribution in [0.15, 0.2) is 10.4 Å². The van der Waals surface area contributed by atoms with Crippen LogP contribution in [0.3, 0.4) is 0 Å². The highest BCUT2D eigenvalue weighted by Crippen LogP contribution is 2.19. The molecule has 0 aromatic carbocycles. The van der Waals surface area contributed by atoms with Gasteiger partial charge in [0, 0.05) is 0 Å². The first-order chi connectivity index (χ1) is 4.50. The second kappa shape index (κ2) is 2.28. The lowest BCUT2D eigenvalue weighted by Crippen LogP contribution is -1.85. The standard InChI is InChI=1S/C4H4FNO2S2/c1-3-6-2-4(9-3)10(5,7)8/h2H,1H3. The second-order valence-electron chi connectivity index (χ2n) is 1.64. The fraction of sp³-hybridized carbons (Fsp3) is 0.250. The molecule has 1 aromatic rings. The highest BCUT2D eigenvalue weighted by molar-refractivity contribution is 7.88. The van der Waals surface area contributed by atoms with Crippen molar-refractivity contribution >= 4 is 21.6 Å². The van der Waals surface area contributed by atoms with Gasteiger partial charge < -0.3 is 0 Å². The molecule has 0 spiro atoms. The van der Waals surface area contributed by atoms with Crippen molar-refractivity contribution in [1.82, 2.24) is 4.98 Å². The van der Waals surface area contributed by atoms with Crippen molar-refractivity contribution < 1.29 is 12.3 Å². The minimum absolute atomic E-state index is 0.329. The summed E-state index contributed by atoms with van der Waals surface area (Å²) in [6, 6.07) is 0. The van der Waals surface area contributed by atoms with E-state index in [9.17, 15) is 12.3 Å². The van der Waals surface area contributed by atoms with Crippen molar-refractivity contribution in [1.29, 1.82) is 0 Å². The molecule has 1 rings (SSSR count). The van der Waals surface area contributed by atoms with Crippen molar-refractivity contribution in [3.05, 3.63) is 11.2 Å². The number of halogens is 1. The fourth-order valence-corrected chi connectivity index (χ4v) is 1.90. The lowest BCUT2D eigenvalue weighted by atomic mass is 10.8. The summed E-state index contributed by atoms with van der Waals surface area (Å²) in [6.07, 6.45) is 1.01. The zero-order valence-corrected chi connectivity index (χ0v) is 6.67. The van der Waals surface area contributed by atoms with Crippen LogP contribution >= 0.6 is 11.3 Å². The number of aryl methyl sites for hydroxylation is 1. The molecule has 0 N–H and O–H groups in total. The number of hydrogen-bond donors (Lipinski definition) is 0. The number of rotatable bonds is 1. The highest BCUT2D eigenvalue weighted by Gasteiger charge is 2.14. The molecule has 0 aliphatic heterocycles. The fourth-order valence-electron chi connectivity index (χ4n) is 0.455. The van der Waals surface area contributed by atoms with Crippen LogP contribution in [0.1, 0.15) is 5.01 Å². The zero-order valence-electron chi connectivity index (χ0n) is 5.04. The van der Waals surface area contributed by atoms with Gasteiger partial charge in [-0.15, -0.1) is 11.3 Å². The van der Waals surface area contributed by atoms with Gasteiger partial charge in [0.25, 0.3) is 0 Å².